The maximum atomic E-state index is 5.55. The van der Waals surface area contributed by atoms with E-state index < -0.39 is 0 Å². The number of nitrogens with zero attached hydrogens (tertiary/aromatic N) is 2. The van der Waals surface area contributed by atoms with E-state index in [-0.39, 0.29) is 0 Å². The minimum absolute atomic E-state index is 0.594. The Morgan fingerprint density at radius 3 is 2.64 bits per heavy atom. The van der Waals surface area contributed by atoms with Crippen molar-refractivity contribution >= 4 is 34.1 Å². The molecule has 60 valence electrons. The molecule has 0 saturated heterocycles. The molecular weight excluding hydrogens is 253 g/mol. The van der Waals surface area contributed by atoms with E-state index in [9.17, 15) is 0 Å². The van der Waals surface area contributed by atoms with Crippen LogP contribution in [0.2, 0.25) is 0 Å². The van der Waals surface area contributed by atoms with Crippen molar-refractivity contribution in [2.45, 2.75) is 0 Å². The van der Waals surface area contributed by atoms with Crippen molar-refractivity contribution in [1.29, 1.82) is 0 Å². The van der Waals surface area contributed by atoms with Gasteiger partial charge in [-0.15, -0.1) is 0 Å². The van der Waals surface area contributed by atoms with E-state index in [2.05, 4.69) is 27.6 Å². The van der Waals surface area contributed by atoms with Crippen molar-refractivity contribution in [3.63, 3.8) is 0 Å². The fourth-order valence-electron chi connectivity index (χ4n) is 0.683. The first kappa shape index (κ1) is 8.58. The zero-order valence-corrected chi connectivity index (χ0v) is 8.66. The lowest BCUT2D eigenvalue weighted by molar-refractivity contribution is 1.11. The number of pyridine rings is 1. The highest BCUT2D eigenvalue weighted by Crippen LogP contribution is 2.17. The number of halogens is 1. The lowest BCUT2D eigenvalue weighted by atomic mass is 10.4. The Morgan fingerprint density at radius 1 is 1.55 bits per heavy atom. The van der Waals surface area contributed by atoms with Gasteiger partial charge in [0.2, 0.25) is 0 Å². The number of anilines is 2. The Kier molecular flexibility index (Phi) is 2.53. The van der Waals surface area contributed by atoms with Crippen LogP contribution in [-0.2, 0) is 0 Å². The first-order valence-electron chi connectivity index (χ1n) is 3.19. The average molecular weight is 263 g/mol. The van der Waals surface area contributed by atoms with Crippen molar-refractivity contribution in [1.82, 2.24) is 4.98 Å². The number of nitrogens with two attached hydrogens (primary N) is 1. The molecule has 0 aromatic carbocycles. The van der Waals surface area contributed by atoms with Crippen LogP contribution in [0.1, 0.15) is 0 Å². The molecular formula is C7H10IN3. The van der Waals surface area contributed by atoms with Crippen LogP contribution in [0.3, 0.4) is 0 Å². The van der Waals surface area contributed by atoms with Crippen LogP contribution in [-0.4, -0.2) is 19.1 Å². The molecule has 4 heteroatoms. The van der Waals surface area contributed by atoms with Crippen LogP contribution in [0.4, 0.5) is 11.5 Å². The molecule has 1 aromatic heterocycles. The molecule has 0 amide bonds. The fourth-order valence-corrected chi connectivity index (χ4v) is 1.14. The molecule has 0 spiro atoms. The predicted octanol–water partition coefficient (Wildman–Crippen LogP) is 1.33. The van der Waals surface area contributed by atoms with Crippen molar-refractivity contribution in [2.24, 2.45) is 0 Å². The number of aromatic nitrogens is 1. The Bertz CT molecular complexity index is 260. The lowest BCUT2D eigenvalue weighted by Crippen LogP contribution is -2.09. The van der Waals surface area contributed by atoms with E-state index in [1.165, 1.54) is 0 Å². The fraction of sp³-hybridized carbons (Fsp3) is 0.286. The topological polar surface area (TPSA) is 42.2 Å². The third kappa shape index (κ3) is 1.95. The van der Waals surface area contributed by atoms with Gasteiger partial charge in [0.25, 0.3) is 0 Å². The first-order chi connectivity index (χ1) is 5.11. The minimum Gasteiger partial charge on any atom is -0.383 e. The Labute approximate surface area is 79.7 Å². The standard InChI is InChI=1S/C7H10IN3/c1-11(2)5-3-6(8)7(9)10-4-5/h3-4H,1-2H3,(H2,9,10). The smallest absolute Gasteiger partial charge is 0.136 e. The number of nitrogen functional groups attached to an aromatic ring is 1. The molecule has 1 rings (SSSR count). The van der Waals surface area contributed by atoms with E-state index in [1.807, 2.05) is 25.1 Å². The zero-order valence-electron chi connectivity index (χ0n) is 6.50. The summed E-state index contributed by atoms with van der Waals surface area (Å²) >= 11 is 2.17. The van der Waals surface area contributed by atoms with Crippen LogP contribution >= 0.6 is 22.6 Å². The van der Waals surface area contributed by atoms with Gasteiger partial charge in [0.1, 0.15) is 5.82 Å². The Hall–Kier alpha value is -0.520. The van der Waals surface area contributed by atoms with Gasteiger partial charge >= 0.3 is 0 Å². The molecule has 1 heterocycles. The Balaban J connectivity index is 3.05. The van der Waals surface area contributed by atoms with Gasteiger partial charge in [-0.2, -0.15) is 0 Å². The van der Waals surface area contributed by atoms with Gasteiger partial charge in [0.05, 0.1) is 15.5 Å². The first-order valence-corrected chi connectivity index (χ1v) is 4.27. The minimum atomic E-state index is 0.594. The van der Waals surface area contributed by atoms with Gasteiger partial charge in [-0.25, -0.2) is 4.98 Å². The molecule has 0 unspecified atom stereocenters. The monoisotopic (exact) mass is 263 g/mol. The quantitative estimate of drug-likeness (QED) is 0.777. The molecule has 0 bridgehead atoms. The van der Waals surface area contributed by atoms with Crippen molar-refractivity contribution in [3.8, 4) is 0 Å². The van der Waals surface area contributed by atoms with Crippen LogP contribution < -0.4 is 10.6 Å². The molecule has 0 aliphatic carbocycles. The summed E-state index contributed by atoms with van der Waals surface area (Å²) in [5, 5.41) is 0. The van der Waals surface area contributed by atoms with Gasteiger partial charge in [-0.1, -0.05) is 0 Å². The summed E-state index contributed by atoms with van der Waals surface area (Å²) in [7, 11) is 3.95. The molecule has 3 nitrogen and oxygen atoms in total. The second kappa shape index (κ2) is 3.25. The van der Waals surface area contributed by atoms with Gasteiger partial charge in [0.15, 0.2) is 0 Å². The third-order valence-electron chi connectivity index (χ3n) is 1.37. The highest BCUT2D eigenvalue weighted by atomic mass is 127. The van der Waals surface area contributed by atoms with Gasteiger partial charge in [-0.3, -0.25) is 0 Å². The summed E-state index contributed by atoms with van der Waals surface area (Å²) in [6.07, 6.45) is 1.76. The summed E-state index contributed by atoms with van der Waals surface area (Å²) in [6.45, 7) is 0. The van der Waals surface area contributed by atoms with E-state index >= 15 is 0 Å². The van der Waals surface area contributed by atoms with Crippen LogP contribution in [0.5, 0.6) is 0 Å². The van der Waals surface area contributed by atoms with Crippen molar-refractivity contribution in [2.75, 3.05) is 24.7 Å². The van der Waals surface area contributed by atoms with Gasteiger partial charge in [0, 0.05) is 14.1 Å². The predicted molar refractivity (Wildman–Crippen MR) is 55.7 cm³/mol. The maximum Gasteiger partial charge on any atom is 0.136 e. The Morgan fingerprint density at radius 2 is 2.18 bits per heavy atom. The van der Waals surface area contributed by atoms with E-state index in [4.69, 9.17) is 5.73 Å². The molecule has 0 aliphatic rings. The second-order valence-electron chi connectivity index (χ2n) is 2.46. The molecule has 2 N–H and O–H groups in total. The normalized spacial score (nSPS) is 9.73. The average Bonchev–Trinajstić information content (AvgIpc) is 1.94. The highest BCUT2D eigenvalue weighted by molar-refractivity contribution is 14.1. The maximum absolute atomic E-state index is 5.55. The summed E-state index contributed by atoms with van der Waals surface area (Å²) < 4.78 is 0.994. The van der Waals surface area contributed by atoms with Crippen molar-refractivity contribution < 1.29 is 0 Å². The molecule has 11 heavy (non-hydrogen) atoms. The third-order valence-corrected chi connectivity index (χ3v) is 2.24. The van der Waals surface area contributed by atoms with Crippen LogP contribution in [0.25, 0.3) is 0 Å². The lowest BCUT2D eigenvalue weighted by Gasteiger charge is -2.11. The molecule has 0 atom stereocenters. The van der Waals surface area contributed by atoms with Crippen molar-refractivity contribution in [3.05, 3.63) is 15.8 Å². The number of rotatable bonds is 1. The molecule has 0 fully saturated rings. The SMILES string of the molecule is CN(C)c1cnc(N)c(I)c1. The molecule has 0 radical (unpaired) electrons. The number of hydrogen-bond acceptors (Lipinski definition) is 3. The van der Waals surface area contributed by atoms with Crippen LogP contribution in [0, 0.1) is 3.57 Å². The van der Waals surface area contributed by atoms with E-state index in [1.54, 1.807) is 6.20 Å². The van der Waals surface area contributed by atoms with E-state index in [0.717, 1.165) is 9.26 Å². The zero-order chi connectivity index (χ0) is 8.43. The second-order valence-corrected chi connectivity index (χ2v) is 3.62. The summed E-state index contributed by atoms with van der Waals surface area (Å²) in [5.74, 6) is 0.594. The summed E-state index contributed by atoms with van der Waals surface area (Å²) in [4.78, 5) is 6.02. The molecule has 0 aliphatic heterocycles. The van der Waals surface area contributed by atoms with E-state index in [0.29, 0.717) is 5.82 Å². The molecule has 0 saturated carbocycles. The van der Waals surface area contributed by atoms with Crippen LogP contribution in [0.15, 0.2) is 12.3 Å². The summed E-state index contributed by atoms with van der Waals surface area (Å²) in [6, 6.07) is 2.00. The van der Waals surface area contributed by atoms with Gasteiger partial charge in [-0.05, 0) is 28.7 Å². The molecule has 1 aromatic rings. The highest BCUT2D eigenvalue weighted by Gasteiger charge is 1.99. The number of hydrogen-bond donors (Lipinski definition) is 1. The van der Waals surface area contributed by atoms with Gasteiger partial charge < -0.3 is 10.6 Å². The summed E-state index contributed by atoms with van der Waals surface area (Å²) in [5.41, 5.74) is 6.62. The largest absolute Gasteiger partial charge is 0.383 e.